The maximum absolute atomic E-state index is 11.0. The predicted octanol–water partition coefficient (Wildman–Crippen LogP) is 5.92. The van der Waals surface area contributed by atoms with Crippen LogP contribution in [-0.2, 0) is 16.8 Å². The lowest BCUT2D eigenvalue weighted by molar-refractivity contribution is 0.185. The molecule has 0 amide bonds. The second-order valence-electron chi connectivity index (χ2n) is 7.56. The number of aromatic hydroxyl groups is 1. The van der Waals surface area contributed by atoms with Gasteiger partial charge in [-0.2, -0.15) is 0 Å². The molecule has 0 heterocycles. The summed E-state index contributed by atoms with van der Waals surface area (Å²) in [5.74, 6) is 0.271. The van der Waals surface area contributed by atoms with Gasteiger partial charge in [-0.25, -0.2) is 0 Å². The quantitative estimate of drug-likeness (QED) is 0.545. The number of methoxy groups -OCH3 is 1. The van der Waals surface area contributed by atoms with E-state index in [4.69, 9.17) is 4.74 Å². The number of aliphatic imine (C=N–C) groups is 1. The summed E-state index contributed by atoms with van der Waals surface area (Å²) in [5.41, 5.74) is 5.38. The van der Waals surface area contributed by atoms with Gasteiger partial charge in [-0.05, 0) is 30.2 Å². The van der Waals surface area contributed by atoms with Gasteiger partial charge in [-0.1, -0.05) is 68.4 Å². The van der Waals surface area contributed by atoms with Crippen LogP contribution in [-0.4, -0.2) is 18.4 Å². The molecule has 3 heteroatoms. The summed E-state index contributed by atoms with van der Waals surface area (Å²) in [6.45, 7) is 6.80. The van der Waals surface area contributed by atoms with Gasteiger partial charge in [0.05, 0.1) is 12.3 Å². The van der Waals surface area contributed by atoms with Gasteiger partial charge in [0.2, 0.25) is 0 Å². The maximum atomic E-state index is 11.0. The Bertz CT molecular complexity index is 975. The molecular weight excluding hydrogens is 346 g/mol. The number of aryl methyl sites for hydroxylation is 1. The van der Waals surface area contributed by atoms with Crippen molar-refractivity contribution >= 4 is 11.9 Å². The van der Waals surface area contributed by atoms with E-state index in [1.807, 2.05) is 55.5 Å². The third kappa shape index (κ3) is 4.15. The molecule has 0 atom stereocenters. The molecule has 3 nitrogen and oxygen atoms in total. The van der Waals surface area contributed by atoms with Crippen LogP contribution in [0.2, 0.25) is 0 Å². The molecule has 0 fully saturated rings. The molecule has 0 bridgehead atoms. The van der Waals surface area contributed by atoms with E-state index in [1.165, 1.54) is 0 Å². The first-order valence-electron chi connectivity index (χ1n) is 9.44. The van der Waals surface area contributed by atoms with Gasteiger partial charge >= 0.3 is 0 Å². The van der Waals surface area contributed by atoms with Crippen LogP contribution in [0.1, 0.15) is 41.7 Å². The normalized spacial score (nSPS) is 11.9. The van der Waals surface area contributed by atoms with Crippen LogP contribution in [0.5, 0.6) is 5.75 Å². The van der Waals surface area contributed by atoms with Crippen molar-refractivity contribution in [2.24, 2.45) is 4.99 Å². The van der Waals surface area contributed by atoms with E-state index in [2.05, 4.69) is 37.0 Å². The van der Waals surface area contributed by atoms with Gasteiger partial charge in [0.15, 0.2) is 0 Å². The smallest absolute Gasteiger partial charge is 0.128 e. The Labute approximate surface area is 167 Å². The SMILES string of the molecule is COCc1ccccc1N=Cc1cc(C)cc(C(C)(C)c2ccccc2)c1O. The maximum Gasteiger partial charge on any atom is 0.128 e. The topological polar surface area (TPSA) is 41.8 Å². The molecule has 3 aromatic rings. The Morgan fingerprint density at radius 2 is 1.68 bits per heavy atom. The number of phenols is 1. The monoisotopic (exact) mass is 373 g/mol. The molecule has 0 aliphatic carbocycles. The van der Waals surface area contributed by atoms with E-state index < -0.39 is 0 Å². The molecule has 0 unspecified atom stereocenters. The van der Waals surface area contributed by atoms with E-state index in [0.29, 0.717) is 12.2 Å². The predicted molar refractivity (Wildman–Crippen MR) is 116 cm³/mol. The minimum Gasteiger partial charge on any atom is -0.507 e. The number of para-hydroxylation sites is 1. The molecule has 1 N–H and O–H groups in total. The van der Waals surface area contributed by atoms with Crippen LogP contribution in [0.3, 0.4) is 0 Å². The second-order valence-corrected chi connectivity index (χ2v) is 7.56. The van der Waals surface area contributed by atoms with Crippen molar-refractivity contribution in [2.75, 3.05) is 7.11 Å². The second kappa shape index (κ2) is 8.41. The Hall–Kier alpha value is -2.91. The molecule has 0 aliphatic heterocycles. The van der Waals surface area contributed by atoms with Gasteiger partial charge in [0.1, 0.15) is 5.75 Å². The summed E-state index contributed by atoms with van der Waals surface area (Å²) in [5, 5.41) is 11.0. The zero-order chi connectivity index (χ0) is 20.1. The molecule has 3 rings (SSSR count). The summed E-state index contributed by atoms with van der Waals surface area (Å²) in [7, 11) is 1.67. The average molecular weight is 373 g/mol. The molecule has 0 spiro atoms. The van der Waals surface area contributed by atoms with Gasteiger partial charge in [-0.15, -0.1) is 0 Å². The average Bonchev–Trinajstić information content (AvgIpc) is 2.70. The van der Waals surface area contributed by atoms with E-state index >= 15 is 0 Å². The van der Waals surface area contributed by atoms with Crippen molar-refractivity contribution in [1.82, 2.24) is 0 Å². The molecule has 28 heavy (non-hydrogen) atoms. The zero-order valence-corrected chi connectivity index (χ0v) is 16.9. The van der Waals surface area contributed by atoms with Crippen LogP contribution >= 0.6 is 0 Å². The molecule has 0 aromatic heterocycles. The minimum atomic E-state index is -0.325. The highest BCUT2D eigenvalue weighted by molar-refractivity contribution is 5.87. The molecule has 0 saturated heterocycles. The zero-order valence-electron chi connectivity index (χ0n) is 16.9. The Kier molecular flexibility index (Phi) is 5.96. The molecule has 0 radical (unpaired) electrons. The van der Waals surface area contributed by atoms with Gasteiger partial charge in [-0.3, -0.25) is 4.99 Å². The van der Waals surface area contributed by atoms with E-state index in [-0.39, 0.29) is 11.2 Å². The van der Waals surface area contributed by atoms with Gasteiger partial charge < -0.3 is 9.84 Å². The van der Waals surface area contributed by atoms with Crippen LogP contribution in [0.25, 0.3) is 0 Å². The highest BCUT2D eigenvalue weighted by Gasteiger charge is 2.27. The first-order chi connectivity index (χ1) is 13.4. The number of ether oxygens (including phenoxy) is 1. The van der Waals surface area contributed by atoms with Gasteiger partial charge in [0.25, 0.3) is 0 Å². The fraction of sp³-hybridized carbons (Fsp3) is 0.240. The number of hydrogen-bond acceptors (Lipinski definition) is 3. The summed E-state index contributed by atoms with van der Waals surface area (Å²) < 4.78 is 5.25. The molecule has 0 saturated carbocycles. The van der Waals surface area contributed by atoms with Crippen molar-refractivity contribution in [2.45, 2.75) is 32.8 Å². The molecule has 144 valence electrons. The van der Waals surface area contributed by atoms with Crippen LogP contribution < -0.4 is 0 Å². The van der Waals surface area contributed by atoms with Crippen LogP contribution in [0.15, 0.2) is 71.7 Å². The standard InChI is InChI=1S/C25H27NO2/c1-18-14-20(16-26-23-13-9-8-10-19(23)17-28-4)24(27)22(15-18)25(2,3)21-11-6-5-7-12-21/h5-16,27H,17H2,1-4H3. The van der Waals surface area contributed by atoms with Crippen molar-refractivity contribution in [3.8, 4) is 5.75 Å². The Morgan fingerprint density at radius 1 is 1.00 bits per heavy atom. The summed E-state index contributed by atoms with van der Waals surface area (Å²) in [6, 6.07) is 22.1. The van der Waals surface area contributed by atoms with Crippen molar-refractivity contribution in [3.63, 3.8) is 0 Å². The Morgan fingerprint density at radius 3 is 2.39 bits per heavy atom. The third-order valence-electron chi connectivity index (χ3n) is 5.09. The molecule has 3 aromatic carbocycles. The largest absolute Gasteiger partial charge is 0.507 e. The summed E-state index contributed by atoms with van der Waals surface area (Å²) >= 11 is 0. The fourth-order valence-electron chi connectivity index (χ4n) is 3.45. The summed E-state index contributed by atoms with van der Waals surface area (Å²) in [4.78, 5) is 4.63. The lowest BCUT2D eigenvalue weighted by Crippen LogP contribution is -2.19. The number of benzene rings is 3. The van der Waals surface area contributed by atoms with E-state index in [1.54, 1.807) is 13.3 Å². The lowest BCUT2D eigenvalue weighted by Gasteiger charge is -2.28. The first kappa shape index (κ1) is 19.8. The first-order valence-corrected chi connectivity index (χ1v) is 9.44. The molecular formula is C25H27NO2. The van der Waals surface area contributed by atoms with Gasteiger partial charge in [0, 0.05) is 35.4 Å². The Balaban J connectivity index is 2.03. The van der Waals surface area contributed by atoms with E-state index in [9.17, 15) is 5.11 Å². The molecule has 0 aliphatic rings. The lowest BCUT2D eigenvalue weighted by atomic mass is 9.76. The number of hydrogen-bond donors (Lipinski definition) is 1. The number of nitrogens with zero attached hydrogens (tertiary/aromatic N) is 1. The summed E-state index contributed by atoms with van der Waals surface area (Å²) in [6.07, 6.45) is 1.74. The fourth-order valence-corrected chi connectivity index (χ4v) is 3.45. The van der Waals surface area contributed by atoms with Crippen LogP contribution in [0.4, 0.5) is 5.69 Å². The van der Waals surface area contributed by atoms with Crippen LogP contribution in [0, 0.1) is 6.92 Å². The van der Waals surface area contributed by atoms with E-state index in [0.717, 1.165) is 27.9 Å². The highest BCUT2D eigenvalue weighted by atomic mass is 16.5. The minimum absolute atomic E-state index is 0.271. The van der Waals surface area contributed by atoms with Crippen molar-refractivity contribution in [1.29, 1.82) is 0 Å². The third-order valence-corrected chi connectivity index (χ3v) is 5.09. The van der Waals surface area contributed by atoms with Crippen molar-refractivity contribution < 1.29 is 9.84 Å². The highest BCUT2D eigenvalue weighted by Crippen LogP contribution is 2.39. The van der Waals surface area contributed by atoms with Crippen molar-refractivity contribution in [3.05, 3.63) is 94.5 Å². The number of rotatable bonds is 6. The number of phenolic OH excluding ortho intramolecular Hbond substituents is 1.